The fourth-order valence-electron chi connectivity index (χ4n) is 1.69. The van der Waals surface area contributed by atoms with Crippen LogP contribution in [0.2, 0.25) is 0 Å². The highest BCUT2D eigenvalue weighted by Gasteiger charge is 2.17. The third kappa shape index (κ3) is 2.10. The van der Waals surface area contributed by atoms with Crippen LogP contribution in [-0.2, 0) is 0 Å². The molecule has 0 radical (unpaired) electrons. The highest BCUT2D eigenvalue weighted by molar-refractivity contribution is 7.09. The Morgan fingerprint density at radius 3 is 2.94 bits per heavy atom. The molecule has 0 spiro atoms. The summed E-state index contributed by atoms with van der Waals surface area (Å²) in [4.78, 5) is 29.4. The van der Waals surface area contributed by atoms with E-state index < -0.39 is 11.2 Å². The molecule has 1 N–H and O–H groups in total. The van der Waals surface area contributed by atoms with Crippen molar-refractivity contribution in [2.24, 2.45) is 0 Å². The number of aromatic nitrogens is 3. The average Bonchev–Trinajstić information content (AvgIpc) is 2.86. The van der Waals surface area contributed by atoms with Crippen LogP contribution in [0.15, 0.2) is 27.4 Å². The lowest BCUT2D eigenvalue weighted by atomic mass is 10.2. The van der Waals surface area contributed by atoms with Crippen LogP contribution < -0.4 is 11.2 Å². The van der Waals surface area contributed by atoms with E-state index in [9.17, 15) is 9.59 Å². The molecule has 2 aromatic heterocycles. The van der Waals surface area contributed by atoms with Crippen LogP contribution in [-0.4, -0.2) is 14.5 Å². The SMILES string of the molecule is CCC(c1nccs1)n1cc(C#N)c(=O)[nH]c1=O. The van der Waals surface area contributed by atoms with E-state index in [4.69, 9.17) is 5.26 Å². The van der Waals surface area contributed by atoms with E-state index in [0.717, 1.165) is 5.01 Å². The number of nitriles is 1. The Hall–Kier alpha value is -2.20. The van der Waals surface area contributed by atoms with Gasteiger partial charge in [-0.15, -0.1) is 11.3 Å². The van der Waals surface area contributed by atoms with Gasteiger partial charge in [0.15, 0.2) is 0 Å². The highest BCUT2D eigenvalue weighted by Crippen LogP contribution is 2.21. The van der Waals surface area contributed by atoms with Gasteiger partial charge in [-0.2, -0.15) is 5.26 Å². The second-order valence-electron chi connectivity index (χ2n) is 3.62. The number of hydrogen-bond acceptors (Lipinski definition) is 5. The molecule has 0 fully saturated rings. The lowest BCUT2D eigenvalue weighted by molar-refractivity contribution is 0.531. The summed E-state index contributed by atoms with van der Waals surface area (Å²) >= 11 is 1.43. The number of hydrogen-bond donors (Lipinski definition) is 1. The maximum Gasteiger partial charge on any atom is 0.329 e. The summed E-state index contributed by atoms with van der Waals surface area (Å²) in [7, 11) is 0. The monoisotopic (exact) mass is 262 g/mol. The van der Waals surface area contributed by atoms with Crippen molar-refractivity contribution in [3.8, 4) is 6.07 Å². The van der Waals surface area contributed by atoms with E-state index in [0.29, 0.717) is 6.42 Å². The largest absolute Gasteiger partial charge is 0.329 e. The Morgan fingerprint density at radius 2 is 2.39 bits per heavy atom. The molecule has 0 bridgehead atoms. The lowest BCUT2D eigenvalue weighted by Crippen LogP contribution is -2.33. The van der Waals surface area contributed by atoms with Gasteiger partial charge >= 0.3 is 5.69 Å². The van der Waals surface area contributed by atoms with Crippen LogP contribution in [0.5, 0.6) is 0 Å². The Bertz CT molecular complexity index is 693. The molecule has 6 nitrogen and oxygen atoms in total. The Balaban J connectivity index is 2.60. The van der Waals surface area contributed by atoms with Crippen LogP contribution in [0, 0.1) is 11.3 Å². The van der Waals surface area contributed by atoms with Crippen LogP contribution in [0.3, 0.4) is 0 Å². The Labute approximate surface area is 106 Å². The first-order valence-corrected chi connectivity index (χ1v) is 6.20. The van der Waals surface area contributed by atoms with Gasteiger partial charge in [-0.1, -0.05) is 6.92 Å². The summed E-state index contributed by atoms with van der Waals surface area (Å²) in [5.41, 5.74) is -1.27. The molecule has 0 aliphatic heterocycles. The van der Waals surface area contributed by atoms with Crippen LogP contribution in [0.4, 0.5) is 0 Å². The minimum Gasteiger partial charge on any atom is -0.289 e. The van der Waals surface area contributed by atoms with Crippen molar-refractivity contribution in [2.75, 3.05) is 0 Å². The number of rotatable bonds is 3. The summed E-state index contributed by atoms with van der Waals surface area (Å²) in [6.07, 6.45) is 3.59. The standard InChI is InChI=1S/C11H10N4O2S/c1-2-8(10-13-3-4-18-10)15-6-7(5-12)9(16)14-11(15)17/h3-4,6,8H,2H2,1H3,(H,14,16,17). The van der Waals surface area contributed by atoms with Gasteiger partial charge in [0, 0.05) is 17.8 Å². The molecule has 18 heavy (non-hydrogen) atoms. The molecule has 0 aromatic carbocycles. The first-order valence-electron chi connectivity index (χ1n) is 5.32. The average molecular weight is 262 g/mol. The van der Waals surface area contributed by atoms with Crippen molar-refractivity contribution in [1.82, 2.24) is 14.5 Å². The van der Waals surface area contributed by atoms with Crippen molar-refractivity contribution < 1.29 is 0 Å². The summed E-state index contributed by atoms with van der Waals surface area (Å²) in [5.74, 6) is 0. The van der Waals surface area contributed by atoms with Gasteiger partial charge in [0.25, 0.3) is 5.56 Å². The molecule has 0 saturated heterocycles. The molecule has 0 aliphatic carbocycles. The molecular weight excluding hydrogens is 252 g/mol. The molecular formula is C11H10N4O2S. The van der Waals surface area contributed by atoms with Crippen molar-refractivity contribution >= 4 is 11.3 Å². The second-order valence-corrected chi connectivity index (χ2v) is 4.54. The van der Waals surface area contributed by atoms with Gasteiger partial charge in [-0.3, -0.25) is 14.3 Å². The first kappa shape index (κ1) is 12.3. The highest BCUT2D eigenvalue weighted by atomic mass is 32.1. The normalized spacial score (nSPS) is 12.0. The van der Waals surface area contributed by atoms with Crippen molar-refractivity contribution in [1.29, 1.82) is 5.26 Å². The van der Waals surface area contributed by atoms with Crippen LogP contribution >= 0.6 is 11.3 Å². The molecule has 2 rings (SSSR count). The number of aromatic amines is 1. The smallest absolute Gasteiger partial charge is 0.289 e. The number of nitrogens with one attached hydrogen (secondary N) is 1. The number of H-pyrrole nitrogens is 1. The maximum atomic E-state index is 11.8. The fourth-order valence-corrected chi connectivity index (χ4v) is 2.51. The quantitative estimate of drug-likeness (QED) is 0.888. The minimum atomic E-state index is -0.659. The molecule has 0 saturated carbocycles. The number of nitrogens with zero attached hydrogens (tertiary/aromatic N) is 3. The zero-order valence-electron chi connectivity index (χ0n) is 9.58. The lowest BCUT2D eigenvalue weighted by Gasteiger charge is -2.14. The minimum absolute atomic E-state index is 0.0791. The van der Waals surface area contributed by atoms with E-state index in [1.165, 1.54) is 22.1 Å². The topological polar surface area (TPSA) is 91.5 Å². The predicted octanol–water partition coefficient (Wildman–Crippen LogP) is 0.864. The van der Waals surface area contributed by atoms with E-state index in [-0.39, 0.29) is 11.6 Å². The van der Waals surface area contributed by atoms with Gasteiger partial charge < -0.3 is 0 Å². The van der Waals surface area contributed by atoms with Gasteiger partial charge in [-0.25, -0.2) is 9.78 Å². The van der Waals surface area contributed by atoms with E-state index >= 15 is 0 Å². The van der Waals surface area contributed by atoms with Crippen molar-refractivity contribution in [3.63, 3.8) is 0 Å². The summed E-state index contributed by atoms with van der Waals surface area (Å²) in [5, 5.41) is 11.4. The summed E-state index contributed by atoms with van der Waals surface area (Å²) in [6, 6.07) is 1.50. The zero-order chi connectivity index (χ0) is 13.1. The van der Waals surface area contributed by atoms with E-state index in [1.807, 2.05) is 12.3 Å². The molecule has 2 aromatic rings. The third-order valence-electron chi connectivity index (χ3n) is 2.55. The Morgan fingerprint density at radius 1 is 1.61 bits per heavy atom. The molecule has 0 aliphatic rings. The van der Waals surface area contributed by atoms with E-state index in [2.05, 4.69) is 9.97 Å². The molecule has 1 unspecified atom stereocenters. The Kier molecular flexibility index (Phi) is 3.39. The third-order valence-corrected chi connectivity index (χ3v) is 3.42. The van der Waals surface area contributed by atoms with E-state index in [1.54, 1.807) is 12.3 Å². The summed E-state index contributed by atoms with van der Waals surface area (Å²) in [6.45, 7) is 1.91. The van der Waals surface area contributed by atoms with Gasteiger partial charge in [-0.05, 0) is 6.42 Å². The first-order chi connectivity index (χ1) is 8.67. The molecule has 0 amide bonds. The molecule has 2 heterocycles. The van der Waals surface area contributed by atoms with Crippen LogP contribution in [0.25, 0.3) is 0 Å². The maximum absolute atomic E-state index is 11.8. The molecule has 92 valence electrons. The zero-order valence-corrected chi connectivity index (χ0v) is 10.4. The fraction of sp³-hybridized carbons (Fsp3) is 0.273. The second kappa shape index (κ2) is 4.98. The van der Waals surface area contributed by atoms with Gasteiger partial charge in [0.1, 0.15) is 16.6 Å². The van der Waals surface area contributed by atoms with Crippen molar-refractivity contribution in [2.45, 2.75) is 19.4 Å². The predicted molar refractivity (Wildman–Crippen MR) is 66.6 cm³/mol. The van der Waals surface area contributed by atoms with Gasteiger partial charge in [0.05, 0.1) is 6.04 Å². The summed E-state index contributed by atoms with van der Waals surface area (Å²) < 4.78 is 1.35. The van der Waals surface area contributed by atoms with Crippen LogP contribution in [0.1, 0.15) is 30.0 Å². The van der Waals surface area contributed by atoms with Crippen molar-refractivity contribution in [3.05, 3.63) is 49.2 Å². The van der Waals surface area contributed by atoms with Gasteiger partial charge in [0.2, 0.25) is 0 Å². The number of thiazole rings is 1. The molecule has 1 atom stereocenters. The molecule has 7 heteroatoms.